The highest BCUT2D eigenvalue weighted by Crippen LogP contribution is 2.31. The summed E-state index contributed by atoms with van der Waals surface area (Å²) in [7, 11) is 1.73. The molecule has 2 fully saturated rings. The van der Waals surface area contributed by atoms with Crippen LogP contribution in [0.3, 0.4) is 0 Å². The minimum absolute atomic E-state index is 0. The summed E-state index contributed by atoms with van der Waals surface area (Å²) in [5.74, 6) is 2.86. The predicted octanol–water partition coefficient (Wildman–Crippen LogP) is 4.90. The van der Waals surface area contributed by atoms with Crippen LogP contribution in [-0.4, -0.2) is 38.2 Å². The van der Waals surface area contributed by atoms with E-state index in [1.54, 1.807) is 7.11 Å². The van der Waals surface area contributed by atoms with Crippen molar-refractivity contribution in [1.29, 1.82) is 0 Å². The first kappa shape index (κ1) is 22.3. The van der Waals surface area contributed by atoms with Gasteiger partial charge in [-0.25, -0.2) is 0 Å². The van der Waals surface area contributed by atoms with Crippen molar-refractivity contribution in [3.05, 3.63) is 42.0 Å². The first-order valence-corrected chi connectivity index (χ1v) is 9.81. The van der Waals surface area contributed by atoms with Crippen molar-refractivity contribution in [2.75, 3.05) is 33.3 Å². The molecule has 2 aromatic carbocycles. The Kier molecular flexibility index (Phi) is 8.68. The lowest BCUT2D eigenvalue weighted by Crippen LogP contribution is -2.39. The Bertz CT molecular complexity index is 711. The van der Waals surface area contributed by atoms with Gasteiger partial charge >= 0.3 is 0 Å². The zero-order valence-electron chi connectivity index (χ0n) is 16.2. The van der Waals surface area contributed by atoms with Gasteiger partial charge < -0.3 is 10.1 Å². The fraction of sp³-hybridized carbons (Fsp3) is 0.545. The van der Waals surface area contributed by atoms with E-state index in [0.29, 0.717) is 0 Å². The number of likely N-dealkylation sites (tertiary alicyclic amines) is 1. The van der Waals surface area contributed by atoms with Crippen LogP contribution in [0.25, 0.3) is 10.8 Å². The predicted molar refractivity (Wildman–Crippen MR) is 119 cm³/mol. The lowest BCUT2D eigenvalue weighted by atomic mass is 9.79. The topological polar surface area (TPSA) is 24.5 Å². The third-order valence-electron chi connectivity index (χ3n) is 6.20. The Morgan fingerprint density at radius 1 is 0.889 bits per heavy atom. The fourth-order valence-corrected chi connectivity index (χ4v) is 4.65. The van der Waals surface area contributed by atoms with Crippen molar-refractivity contribution >= 4 is 35.6 Å². The molecule has 0 unspecified atom stereocenters. The third kappa shape index (κ3) is 5.51. The summed E-state index contributed by atoms with van der Waals surface area (Å²) < 4.78 is 5.32. The second kappa shape index (κ2) is 10.5. The number of rotatable bonds is 4. The average molecular weight is 411 g/mol. The maximum Gasteiger partial charge on any atom is 0.119 e. The van der Waals surface area contributed by atoms with E-state index in [1.165, 1.54) is 68.2 Å². The highest BCUT2D eigenvalue weighted by Gasteiger charge is 2.27. The Labute approximate surface area is 175 Å². The molecule has 3 nitrogen and oxygen atoms in total. The summed E-state index contributed by atoms with van der Waals surface area (Å²) in [6.07, 6.45) is 5.54. The van der Waals surface area contributed by atoms with Gasteiger partial charge in [-0.1, -0.05) is 18.2 Å². The summed E-state index contributed by atoms with van der Waals surface area (Å²) in [5.41, 5.74) is 1.43. The van der Waals surface area contributed by atoms with Crippen molar-refractivity contribution in [2.24, 2.45) is 11.8 Å². The molecule has 2 aliphatic rings. The summed E-state index contributed by atoms with van der Waals surface area (Å²) in [6.45, 7) is 6.06. The molecule has 0 aliphatic carbocycles. The van der Waals surface area contributed by atoms with E-state index in [4.69, 9.17) is 4.74 Å². The molecular formula is C22H32Cl2N2O. The number of ether oxygens (including phenoxy) is 1. The monoisotopic (exact) mass is 410 g/mol. The van der Waals surface area contributed by atoms with E-state index in [-0.39, 0.29) is 24.8 Å². The van der Waals surface area contributed by atoms with E-state index >= 15 is 0 Å². The maximum absolute atomic E-state index is 5.32. The van der Waals surface area contributed by atoms with Gasteiger partial charge in [0.25, 0.3) is 0 Å². The number of halogens is 2. The Balaban J connectivity index is 0.00000131. The molecule has 150 valence electrons. The molecule has 0 atom stereocenters. The van der Waals surface area contributed by atoms with Crippen LogP contribution in [-0.2, 0) is 6.54 Å². The lowest BCUT2D eigenvalue weighted by Gasteiger charge is -2.37. The number of piperidine rings is 2. The molecule has 0 aromatic heterocycles. The largest absolute Gasteiger partial charge is 0.497 e. The summed E-state index contributed by atoms with van der Waals surface area (Å²) in [6, 6.07) is 13.2. The molecule has 0 spiro atoms. The van der Waals surface area contributed by atoms with Crippen molar-refractivity contribution in [3.8, 4) is 5.75 Å². The molecule has 1 N–H and O–H groups in total. The minimum Gasteiger partial charge on any atom is -0.497 e. The van der Waals surface area contributed by atoms with E-state index < -0.39 is 0 Å². The molecule has 4 rings (SSSR count). The van der Waals surface area contributed by atoms with Gasteiger partial charge in [-0.05, 0) is 98.2 Å². The van der Waals surface area contributed by atoms with Gasteiger partial charge in [0.15, 0.2) is 0 Å². The van der Waals surface area contributed by atoms with Gasteiger partial charge in [0, 0.05) is 6.54 Å². The first-order valence-electron chi connectivity index (χ1n) is 9.81. The molecule has 2 saturated heterocycles. The number of methoxy groups -OCH3 is 1. The number of benzene rings is 2. The molecule has 27 heavy (non-hydrogen) atoms. The van der Waals surface area contributed by atoms with Crippen molar-refractivity contribution < 1.29 is 4.74 Å². The fourth-order valence-electron chi connectivity index (χ4n) is 4.65. The van der Waals surface area contributed by atoms with Gasteiger partial charge in [0.1, 0.15) is 5.75 Å². The first-order chi connectivity index (χ1) is 12.3. The van der Waals surface area contributed by atoms with Gasteiger partial charge in [0.05, 0.1) is 7.11 Å². The zero-order chi connectivity index (χ0) is 17.1. The lowest BCUT2D eigenvalue weighted by molar-refractivity contribution is 0.126. The average Bonchev–Trinajstić information content (AvgIpc) is 2.69. The van der Waals surface area contributed by atoms with Crippen LogP contribution in [0, 0.1) is 11.8 Å². The zero-order valence-corrected chi connectivity index (χ0v) is 17.8. The smallest absolute Gasteiger partial charge is 0.119 e. The second-order valence-electron chi connectivity index (χ2n) is 7.75. The molecule has 2 aliphatic heterocycles. The number of hydrogen-bond acceptors (Lipinski definition) is 3. The van der Waals surface area contributed by atoms with Crippen LogP contribution >= 0.6 is 24.8 Å². The summed E-state index contributed by atoms with van der Waals surface area (Å²) in [4.78, 5) is 2.64. The van der Waals surface area contributed by atoms with Crippen LogP contribution in [0.5, 0.6) is 5.75 Å². The number of fused-ring (bicyclic) bond motifs is 1. The highest BCUT2D eigenvalue weighted by molar-refractivity contribution is 5.86. The molecule has 0 radical (unpaired) electrons. The molecule has 0 amide bonds. The van der Waals surface area contributed by atoms with Crippen molar-refractivity contribution in [3.63, 3.8) is 0 Å². The quantitative estimate of drug-likeness (QED) is 0.774. The van der Waals surface area contributed by atoms with Gasteiger partial charge in [-0.15, -0.1) is 24.8 Å². The number of hydrogen-bond donors (Lipinski definition) is 1. The van der Waals surface area contributed by atoms with Gasteiger partial charge in [-0.2, -0.15) is 0 Å². The van der Waals surface area contributed by atoms with Crippen LogP contribution in [0.2, 0.25) is 0 Å². The van der Waals surface area contributed by atoms with E-state index in [0.717, 1.165) is 24.1 Å². The van der Waals surface area contributed by atoms with Crippen LogP contribution in [0.15, 0.2) is 36.4 Å². The summed E-state index contributed by atoms with van der Waals surface area (Å²) >= 11 is 0. The number of nitrogens with one attached hydrogen (secondary N) is 1. The molecule has 2 aromatic rings. The standard InChI is InChI=1S/C22H30N2O.2ClH/c1-25-22-5-4-20-14-17(2-3-21(20)15-22)16-24-12-8-19(9-13-24)18-6-10-23-11-7-18;;/h2-5,14-15,18-19,23H,6-13,16H2,1H3;2*1H. The van der Waals surface area contributed by atoms with Crippen LogP contribution in [0.1, 0.15) is 31.2 Å². The summed E-state index contributed by atoms with van der Waals surface area (Å²) in [5, 5.41) is 6.06. The molecular weight excluding hydrogens is 379 g/mol. The van der Waals surface area contributed by atoms with Crippen LogP contribution in [0.4, 0.5) is 0 Å². The van der Waals surface area contributed by atoms with E-state index in [2.05, 4.69) is 46.6 Å². The third-order valence-corrected chi connectivity index (χ3v) is 6.20. The van der Waals surface area contributed by atoms with Crippen LogP contribution < -0.4 is 10.1 Å². The maximum atomic E-state index is 5.32. The van der Waals surface area contributed by atoms with E-state index in [1.807, 2.05) is 0 Å². The number of nitrogens with zero attached hydrogens (tertiary/aromatic N) is 1. The molecule has 0 bridgehead atoms. The normalized spacial score (nSPS) is 19.3. The van der Waals surface area contributed by atoms with Crippen molar-refractivity contribution in [1.82, 2.24) is 10.2 Å². The van der Waals surface area contributed by atoms with Crippen molar-refractivity contribution in [2.45, 2.75) is 32.2 Å². The molecule has 2 heterocycles. The SMILES string of the molecule is COc1ccc2cc(CN3CCC(C4CCNCC4)CC3)ccc2c1.Cl.Cl. The minimum atomic E-state index is 0. The molecule has 0 saturated carbocycles. The molecule has 5 heteroatoms. The Morgan fingerprint density at radius 2 is 1.52 bits per heavy atom. The van der Waals surface area contributed by atoms with E-state index in [9.17, 15) is 0 Å². The Hall–Kier alpha value is -1.000. The van der Waals surface area contributed by atoms with Gasteiger partial charge in [0.2, 0.25) is 0 Å². The highest BCUT2D eigenvalue weighted by atomic mass is 35.5. The second-order valence-corrected chi connectivity index (χ2v) is 7.75. The van der Waals surface area contributed by atoms with Gasteiger partial charge in [-0.3, -0.25) is 4.90 Å². The Morgan fingerprint density at radius 3 is 2.22 bits per heavy atom.